The van der Waals surface area contributed by atoms with Gasteiger partial charge in [-0.3, -0.25) is 14.6 Å². The van der Waals surface area contributed by atoms with Crippen molar-refractivity contribution in [2.45, 2.75) is 26.3 Å². The first-order valence-electron chi connectivity index (χ1n) is 6.16. The third-order valence-corrected chi connectivity index (χ3v) is 3.05. The Balaban J connectivity index is 2.83. The molecule has 20 heavy (non-hydrogen) atoms. The van der Waals surface area contributed by atoms with Crippen LogP contribution in [0.25, 0.3) is 0 Å². The molecule has 0 aromatic carbocycles. The van der Waals surface area contributed by atoms with Gasteiger partial charge in [0.05, 0.1) is 5.56 Å². The van der Waals surface area contributed by atoms with Crippen LogP contribution in [0.1, 0.15) is 41.1 Å². The lowest BCUT2D eigenvalue weighted by atomic mass is 9.99. The second-order valence-corrected chi connectivity index (χ2v) is 4.47. The largest absolute Gasteiger partial charge is 0.480 e. The van der Waals surface area contributed by atoms with Crippen LogP contribution in [0.5, 0.6) is 0 Å². The highest BCUT2D eigenvalue weighted by molar-refractivity contribution is 5.96. The number of carbonyl (C=O) groups excluding carboxylic acids is 2. The Morgan fingerprint density at radius 2 is 2.05 bits per heavy atom. The van der Waals surface area contributed by atoms with Crippen LogP contribution in [0.4, 0.5) is 0 Å². The fourth-order valence-corrected chi connectivity index (χ4v) is 1.57. The summed E-state index contributed by atoms with van der Waals surface area (Å²) in [6.45, 7) is 3.58. The molecule has 1 rings (SSSR count). The molecule has 1 aromatic heterocycles. The molecular formula is C13H17N3O4. The van der Waals surface area contributed by atoms with E-state index in [-0.39, 0.29) is 17.2 Å². The molecule has 0 aliphatic rings. The molecule has 2 unspecified atom stereocenters. The molecule has 0 bridgehead atoms. The van der Waals surface area contributed by atoms with Gasteiger partial charge in [-0.2, -0.15) is 0 Å². The summed E-state index contributed by atoms with van der Waals surface area (Å²) >= 11 is 0. The number of rotatable bonds is 6. The summed E-state index contributed by atoms with van der Waals surface area (Å²) in [6, 6.07) is 1.71. The Labute approximate surface area is 116 Å². The van der Waals surface area contributed by atoms with Crippen molar-refractivity contribution in [3.63, 3.8) is 0 Å². The van der Waals surface area contributed by atoms with Crippen LogP contribution in [-0.4, -0.2) is 33.9 Å². The predicted octanol–water partition coefficient (Wildman–Crippen LogP) is 0.410. The molecule has 2 amide bonds. The molecule has 7 heteroatoms. The number of nitrogens with one attached hydrogen (secondary N) is 1. The lowest BCUT2D eigenvalue weighted by Crippen LogP contribution is -2.45. The van der Waals surface area contributed by atoms with Crippen LogP contribution in [0.2, 0.25) is 0 Å². The zero-order chi connectivity index (χ0) is 15.3. The lowest BCUT2D eigenvalue weighted by molar-refractivity contribution is -0.140. The second kappa shape index (κ2) is 6.65. The minimum atomic E-state index is -1.10. The zero-order valence-electron chi connectivity index (χ0n) is 11.3. The summed E-state index contributed by atoms with van der Waals surface area (Å²) in [5, 5.41) is 11.5. The molecule has 0 radical (unpaired) electrons. The second-order valence-electron chi connectivity index (χ2n) is 4.47. The van der Waals surface area contributed by atoms with Gasteiger partial charge >= 0.3 is 5.97 Å². The first kappa shape index (κ1) is 15.6. The number of hydrogen-bond donors (Lipinski definition) is 3. The minimum absolute atomic E-state index is 0.0320. The molecule has 0 aliphatic heterocycles. The summed E-state index contributed by atoms with van der Waals surface area (Å²) in [5.74, 6) is -2.55. The van der Waals surface area contributed by atoms with Gasteiger partial charge in [0.1, 0.15) is 11.7 Å². The number of pyridine rings is 1. The van der Waals surface area contributed by atoms with Gasteiger partial charge in [-0.1, -0.05) is 20.3 Å². The number of aliphatic carboxylic acids is 1. The maximum absolute atomic E-state index is 11.9. The van der Waals surface area contributed by atoms with Gasteiger partial charge in [0.25, 0.3) is 5.91 Å². The van der Waals surface area contributed by atoms with E-state index in [4.69, 9.17) is 10.8 Å². The van der Waals surface area contributed by atoms with Crippen molar-refractivity contribution in [2.24, 2.45) is 11.7 Å². The number of carbonyl (C=O) groups is 3. The Morgan fingerprint density at radius 1 is 1.40 bits per heavy atom. The molecule has 1 heterocycles. The average Bonchev–Trinajstić information content (AvgIpc) is 2.43. The summed E-state index contributed by atoms with van der Waals surface area (Å²) in [4.78, 5) is 37.7. The first-order valence-corrected chi connectivity index (χ1v) is 6.16. The van der Waals surface area contributed by atoms with Crippen LogP contribution in [-0.2, 0) is 4.79 Å². The maximum Gasteiger partial charge on any atom is 0.326 e. The van der Waals surface area contributed by atoms with Gasteiger partial charge in [0.2, 0.25) is 5.91 Å². The van der Waals surface area contributed by atoms with Crippen LogP contribution < -0.4 is 11.1 Å². The third-order valence-electron chi connectivity index (χ3n) is 3.05. The molecule has 0 fully saturated rings. The Kier molecular flexibility index (Phi) is 5.19. The topological polar surface area (TPSA) is 122 Å². The molecule has 108 valence electrons. The average molecular weight is 279 g/mol. The third kappa shape index (κ3) is 3.78. The molecule has 2 atom stereocenters. The standard InChI is InChI=1S/C13H17N3O4/c1-3-7(2)10(13(19)20)16-12(18)9-5-4-8(6-15-9)11(14)17/h4-7,10H,3H2,1-2H3,(H2,14,17)(H,16,18)(H,19,20). The van der Waals surface area contributed by atoms with Crippen LogP contribution in [0, 0.1) is 5.92 Å². The van der Waals surface area contributed by atoms with Crippen molar-refractivity contribution >= 4 is 17.8 Å². The van der Waals surface area contributed by atoms with Crippen LogP contribution in [0.3, 0.4) is 0 Å². The van der Waals surface area contributed by atoms with Gasteiger partial charge < -0.3 is 16.2 Å². The quantitative estimate of drug-likeness (QED) is 0.696. The summed E-state index contributed by atoms with van der Waals surface area (Å²) in [6.07, 6.45) is 1.79. The van der Waals surface area contributed by atoms with Crippen molar-refractivity contribution in [3.05, 3.63) is 29.6 Å². The van der Waals surface area contributed by atoms with Gasteiger partial charge in [-0.15, -0.1) is 0 Å². The van der Waals surface area contributed by atoms with Gasteiger partial charge in [-0.05, 0) is 18.1 Å². The molecule has 4 N–H and O–H groups in total. The van der Waals surface area contributed by atoms with E-state index in [1.807, 2.05) is 6.92 Å². The number of carboxylic acid groups (broad SMARTS) is 1. The highest BCUT2D eigenvalue weighted by Gasteiger charge is 2.26. The lowest BCUT2D eigenvalue weighted by Gasteiger charge is -2.19. The smallest absolute Gasteiger partial charge is 0.326 e. The number of nitrogens with zero attached hydrogens (tertiary/aromatic N) is 1. The van der Waals surface area contributed by atoms with Crippen molar-refractivity contribution in [3.8, 4) is 0 Å². The fourth-order valence-electron chi connectivity index (χ4n) is 1.57. The van der Waals surface area contributed by atoms with E-state index < -0.39 is 23.8 Å². The van der Waals surface area contributed by atoms with E-state index in [2.05, 4.69) is 10.3 Å². The van der Waals surface area contributed by atoms with Crippen molar-refractivity contribution in [2.75, 3.05) is 0 Å². The molecule has 0 saturated heterocycles. The number of carboxylic acids is 1. The van der Waals surface area contributed by atoms with E-state index in [9.17, 15) is 14.4 Å². The molecular weight excluding hydrogens is 262 g/mol. The highest BCUT2D eigenvalue weighted by atomic mass is 16.4. The van der Waals surface area contributed by atoms with E-state index in [1.165, 1.54) is 18.3 Å². The minimum Gasteiger partial charge on any atom is -0.480 e. The summed E-state index contributed by atoms with van der Waals surface area (Å²) in [5.41, 5.74) is 5.27. The highest BCUT2D eigenvalue weighted by Crippen LogP contribution is 2.09. The monoisotopic (exact) mass is 279 g/mol. The number of primary amides is 1. The van der Waals surface area contributed by atoms with Gasteiger partial charge in [0, 0.05) is 6.20 Å². The Hall–Kier alpha value is -2.44. The van der Waals surface area contributed by atoms with Crippen molar-refractivity contribution in [1.29, 1.82) is 0 Å². The summed E-state index contributed by atoms with van der Waals surface area (Å²) < 4.78 is 0. The predicted molar refractivity (Wildman–Crippen MR) is 71.1 cm³/mol. The van der Waals surface area contributed by atoms with Gasteiger partial charge in [-0.25, -0.2) is 4.79 Å². The van der Waals surface area contributed by atoms with Crippen molar-refractivity contribution in [1.82, 2.24) is 10.3 Å². The Morgan fingerprint density at radius 3 is 2.45 bits per heavy atom. The van der Waals surface area contributed by atoms with Crippen LogP contribution >= 0.6 is 0 Å². The Bertz CT molecular complexity index is 513. The van der Waals surface area contributed by atoms with E-state index in [0.717, 1.165) is 0 Å². The number of aromatic nitrogens is 1. The summed E-state index contributed by atoms with van der Waals surface area (Å²) in [7, 11) is 0. The number of nitrogens with two attached hydrogens (primary N) is 1. The van der Waals surface area contributed by atoms with Crippen LogP contribution in [0.15, 0.2) is 18.3 Å². The van der Waals surface area contributed by atoms with E-state index in [1.54, 1.807) is 6.92 Å². The molecule has 1 aromatic rings. The van der Waals surface area contributed by atoms with Crippen molar-refractivity contribution < 1.29 is 19.5 Å². The normalized spacial score (nSPS) is 13.3. The first-order chi connectivity index (χ1) is 9.36. The van der Waals surface area contributed by atoms with E-state index in [0.29, 0.717) is 6.42 Å². The SMILES string of the molecule is CCC(C)C(NC(=O)c1ccc(C(N)=O)cn1)C(=O)O. The molecule has 7 nitrogen and oxygen atoms in total. The maximum atomic E-state index is 11.9. The molecule has 0 aliphatic carbocycles. The molecule has 0 spiro atoms. The molecule has 0 saturated carbocycles. The van der Waals surface area contributed by atoms with E-state index >= 15 is 0 Å². The number of amides is 2. The fraction of sp³-hybridized carbons (Fsp3) is 0.385. The number of hydrogen-bond acceptors (Lipinski definition) is 4. The van der Waals surface area contributed by atoms with Gasteiger partial charge in [0.15, 0.2) is 0 Å². The zero-order valence-corrected chi connectivity index (χ0v) is 11.3.